The van der Waals surface area contributed by atoms with Crippen molar-refractivity contribution >= 4 is 0 Å². The molecule has 1 heteroatoms. The van der Waals surface area contributed by atoms with Crippen LogP contribution in [0.2, 0.25) is 0 Å². The smallest absolute Gasteiger partial charge is 0.00672 e. The summed E-state index contributed by atoms with van der Waals surface area (Å²) >= 11 is 0. The molecule has 19 heavy (non-hydrogen) atoms. The van der Waals surface area contributed by atoms with E-state index in [2.05, 4.69) is 26.1 Å². The van der Waals surface area contributed by atoms with E-state index in [-0.39, 0.29) is 0 Å². The summed E-state index contributed by atoms with van der Waals surface area (Å²) < 4.78 is 0. The average molecular weight is 265 g/mol. The maximum atomic E-state index is 3.82. The second kappa shape index (κ2) is 7.11. The zero-order chi connectivity index (χ0) is 13.7. The van der Waals surface area contributed by atoms with Crippen LogP contribution in [0.4, 0.5) is 0 Å². The SMILES string of the molecule is CC(C)(C)C1CCC(NCCCC2CCCC2)CC1. The minimum Gasteiger partial charge on any atom is -0.314 e. The first-order chi connectivity index (χ1) is 9.05. The molecule has 2 saturated carbocycles. The van der Waals surface area contributed by atoms with Crippen LogP contribution in [0.15, 0.2) is 0 Å². The van der Waals surface area contributed by atoms with Crippen LogP contribution in [-0.2, 0) is 0 Å². The molecular weight excluding hydrogens is 230 g/mol. The first kappa shape index (κ1) is 15.4. The van der Waals surface area contributed by atoms with Crippen LogP contribution in [0.25, 0.3) is 0 Å². The van der Waals surface area contributed by atoms with Crippen LogP contribution >= 0.6 is 0 Å². The van der Waals surface area contributed by atoms with Gasteiger partial charge in [0, 0.05) is 6.04 Å². The minimum atomic E-state index is 0.521. The predicted octanol–water partition coefficient (Wildman–Crippen LogP) is 5.15. The molecule has 0 aromatic heterocycles. The van der Waals surface area contributed by atoms with Crippen LogP contribution in [0.3, 0.4) is 0 Å². The van der Waals surface area contributed by atoms with Crippen molar-refractivity contribution in [1.29, 1.82) is 0 Å². The van der Waals surface area contributed by atoms with Crippen LogP contribution in [0.5, 0.6) is 0 Å². The third kappa shape index (κ3) is 5.10. The van der Waals surface area contributed by atoms with Gasteiger partial charge < -0.3 is 5.32 Å². The van der Waals surface area contributed by atoms with Gasteiger partial charge in [0.1, 0.15) is 0 Å². The van der Waals surface area contributed by atoms with Crippen LogP contribution in [-0.4, -0.2) is 12.6 Å². The Hall–Kier alpha value is -0.0400. The molecule has 2 aliphatic carbocycles. The van der Waals surface area contributed by atoms with E-state index in [0.717, 1.165) is 17.9 Å². The molecule has 2 fully saturated rings. The lowest BCUT2D eigenvalue weighted by molar-refractivity contribution is 0.160. The van der Waals surface area contributed by atoms with Gasteiger partial charge in [0.05, 0.1) is 0 Å². The van der Waals surface area contributed by atoms with Gasteiger partial charge in [0.25, 0.3) is 0 Å². The standard InChI is InChI=1S/C18H35N/c1-18(2,3)16-10-12-17(13-11-16)19-14-6-9-15-7-4-5-8-15/h15-17,19H,4-14H2,1-3H3. The van der Waals surface area contributed by atoms with E-state index in [1.807, 2.05) is 0 Å². The van der Waals surface area contributed by atoms with Crippen LogP contribution in [0, 0.1) is 17.3 Å². The fourth-order valence-electron chi connectivity index (χ4n) is 4.16. The van der Waals surface area contributed by atoms with Gasteiger partial charge in [-0.1, -0.05) is 46.5 Å². The Bertz CT molecular complexity index is 239. The highest BCUT2D eigenvalue weighted by molar-refractivity contribution is 4.83. The lowest BCUT2D eigenvalue weighted by Gasteiger charge is -2.37. The fourth-order valence-corrected chi connectivity index (χ4v) is 4.16. The molecule has 0 aliphatic heterocycles. The third-order valence-corrected chi connectivity index (χ3v) is 5.65. The number of hydrogen-bond acceptors (Lipinski definition) is 1. The van der Waals surface area contributed by atoms with E-state index in [1.165, 1.54) is 70.8 Å². The zero-order valence-electron chi connectivity index (χ0n) is 13.5. The topological polar surface area (TPSA) is 12.0 Å². The summed E-state index contributed by atoms with van der Waals surface area (Å²) in [7, 11) is 0. The summed E-state index contributed by atoms with van der Waals surface area (Å²) in [6, 6.07) is 0.821. The zero-order valence-corrected chi connectivity index (χ0v) is 13.5. The van der Waals surface area contributed by atoms with Crippen molar-refractivity contribution in [3.8, 4) is 0 Å². The van der Waals surface area contributed by atoms with Gasteiger partial charge in [-0.25, -0.2) is 0 Å². The first-order valence-electron chi connectivity index (χ1n) is 8.79. The Balaban J connectivity index is 1.53. The van der Waals surface area contributed by atoms with E-state index >= 15 is 0 Å². The van der Waals surface area contributed by atoms with Crippen molar-refractivity contribution in [2.75, 3.05) is 6.54 Å². The van der Waals surface area contributed by atoms with E-state index < -0.39 is 0 Å². The molecule has 0 heterocycles. The minimum absolute atomic E-state index is 0.521. The monoisotopic (exact) mass is 265 g/mol. The molecule has 0 atom stereocenters. The van der Waals surface area contributed by atoms with Crippen molar-refractivity contribution in [2.45, 2.75) is 91.0 Å². The highest BCUT2D eigenvalue weighted by Gasteiger charge is 2.29. The van der Waals surface area contributed by atoms with E-state index in [1.54, 1.807) is 0 Å². The van der Waals surface area contributed by atoms with Crippen LogP contribution in [0.1, 0.15) is 85.0 Å². The predicted molar refractivity (Wildman–Crippen MR) is 84.4 cm³/mol. The van der Waals surface area contributed by atoms with Gasteiger partial charge >= 0.3 is 0 Å². The Morgan fingerprint density at radius 3 is 2.11 bits per heavy atom. The lowest BCUT2D eigenvalue weighted by atomic mass is 9.71. The Labute approximate surface area is 120 Å². The van der Waals surface area contributed by atoms with Crippen molar-refractivity contribution in [1.82, 2.24) is 5.32 Å². The van der Waals surface area contributed by atoms with E-state index in [9.17, 15) is 0 Å². The van der Waals surface area contributed by atoms with Crippen molar-refractivity contribution in [3.05, 3.63) is 0 Å². The molecule has 0 spiro atoms. The molecule has 1 N–H and O–H groups in total. The normalized spacial score (nSPS) is 29.8. The van der Waals surface area contributed by atoms with Gasteiger partial charge in [-0.2, -0.15) is 0 Å². The van der Waals surface area contributed by atoms with Gasteiger partial charge in [-0.05, 0) is 62.3 Å². The molecule has 0 unspecified atom stereocenters. The number of hydrogen-bond donors (Lipinski definition) is 1. The summed E-state index contributed by atoms with van der Waals surface area (Å²) in [6.45, 7) is 8.49. The van der Waals surface area contributed by atoms with Gasteiger partial charge in [-0.3, -0.25) is 0 Å². The summed E-state index contributed by atoms with van der Waals surface area (Å²) in [5, 5.41) is 3.82. The molecule has 1 nitrogen and oxygen atoms in total. The second-order valence-corrected chi connectivity index (χ2v) is 8.16. The van der Waals surface area contributed by atoms with Crippen molar-refractivity contribution < 1.29 is 0 Å². The summed E-state index contributed by atoms with van der Waals surface area (Å²) in [5.41, 5.74) is 0.521. The van der Waals surface area contributed by atoms with Crippen LogP contribution < -0.4 is 5.32 Å². The molecule has 0 radical (unpaired) electrons. The summed E-state index contributed by atoms with van der Waals surface area (Å²) in [4.78, 5) is 0. The Morgan fingerprint density at radius 2 is 1.53 bits per heavy atom. The summed E-state index contributed by atoms with van der Waals surface area (Å²) in [6.07, 6.45) is 14.6. The second-order valence-electron chi connectivity index (χ2n) is 8.16. The van der Waals surface area contributed by atoms with Gasteiger partial charge in [0.2, 0.25) is 0 Å². The van der Waals surface area contributed by atoms with E-state index in [4.69, 9.17) is 0 Å². The molecule has 0 amide bonds. The van der Waals surface area contributed by atoms with Gasteiger partial charge in [0.15, 0.2) is 0 Å². The van der Waals surface area contributed by atoms with Crippen molar-refractivity contribution in [2.24, 2.45) is 17.3 Å². The molecule has 0 aromatic carbocycles. The lowest BCUT2D eigenvalue weighted by Crippen LogP contribution is -2.36. The highest BCUT2D eigenvalue weighted by Crippen LogP contribution is 2.37. The fraction of sp³-hybridized carbons (Fsp3) is 1.00. The molecule has 2 aliphatic rings. The largest absolute Gasteiger partial charge is 0.314 e. The maximum Gasteiger partial charge on any atom is 0.00672 e. The van der Waals surface area contributed by atoms with Crippen molar-refractivity contribution in [3.63, 3.8) is 0 Å². The molecule has 112 valence electrons. The molecule has 0 aromatic rings. The quantitative estimate of drug-likeness (QED) is 0.678. The number of rotatable bonds is 5. The highest BCUT2D eigenvalue weighted by atomic mass is 14.9. The summed E-state index contributed by atoms with van der Waals surface area (Å²) in [5.74, 6) is 2.02. The molecule has 0 bridgehead atoms. The molecule has 0 saturated heterocycles. The molecular formula is C18H35N. The van der Waals surface area contributed by atoms with Gasteiger partial charge in [-0.15, -0.1) is 0 Å². The first-order valence-corrected chi connectivity index (χ1v) is 8.79. The average Bonchev–Trinajstić information content (AvgIpc) is 2.87. The maximum absolute atomic E-state index is 3.82. The number of nitrogens with one attached hydrogen (secondary N) is 1. The molecule has 2 rings (SSSR count). The third-order valence-electron chi connectivity index (χ3n) is 5.65. The Morgan fingerprint density at radius 1 is 0.895 bits per heavy atom. The van der Waals surface area contributed by atoms with E-state index in [0.29, 0.717) is 5.41 Å². The Kier molecular flexibility index (Phi) is 5.74.